The Morgan fingerprint density at radius 3 is 2.60 bits per heavy atom. The van der Waals surface area contributed by atoms with E-state index in [1.54, 1.807) is 18.2 Å². The van der Waals surface area contributed by atoms with Gasteiger partial charge in [-0.3, -0.25) is 9.59 Å². The maximum Gasteiger partial charge on any atom is 0.256 e. The van der Waals surface area contributed by atoms with Crippen molar-refractivity contribution in [3.05, 3.63) is 59.7 Å². The number of para-hydroxylation sites is 1. The molecule has 130 valence electrons. The minimum absolute atomic E-state index is 0.212. The number of nitrogens with one attached hydrogen (secondary N) is 3. The highest BCUT2D eigenvalue weighted by Gasteiger charge is 2.22. The van der Waals surface area contributed by atoms with E-state index in [1.165, 1.54) is 0 Å². The predicted octanol–water partition coefficient (Wildman–Crippen LogP) is 2.17. The van der Waals surface area contributed by atoms with Crippen LogP contribution in [0.2, 0.25) is 0 Å². The Labute approximate surface area is 146 Å². The summed E-state index contributed by atoms with van der Waals surface area (Å²) >= 11 is 0. The second-order valence-corrected chi connectivity index (χ2v) is 5.85. The molecule has 0 aliphatic carbocycles. The van der Waals surface area contributed by atoms with E-state index >= 15 is 0 Å². The van der Waals surface area contributed by atoms with Crippen molar-refractivity contribution < 1.29 is 14.3 Å². The van der Waals surface area contributed by atoms with Crippen molar-refractivity contribution >= 4 is 23.2 Å². The lowest BCUT2D eigenvalue weighted by Crippen LogP contribution is -2.45. The fraction of sp³-hybridized carbons (Fsp3) is 0.263. The second kappa shape index (κ2) is 7.92. The van der Waals surface area contributed by atoms with E-state index in [0.29, 0.717) is 30.0 Å². The summed E-state index contributed by atoms with van der Waals surface area (Å²) in [6.07, 6.45) is -0.519. The number of hydrogen-bond donors (Lipinski definition) is 3. The van der Waals surface area contributed by atoms with Crippen molar-refractivity contribution in [1.82, 2.24) is 5.32 Å². The van der Waals surface area contributed by atoms with Crippen molar-refractivity contribution in [2.45, 2.75) is 13.0 Å². The van der Waals surface area contributed by atoms with Crippen LogP contribution >= 0.6 is 0 Å². The van der Waals surface area contributed by atoms with Crippen LogP contribution in [0.25, 0.3) is 0 Å². The van der Waals surface area contributed by atoms with E-state index in [2.05, 4.69) is 16.0 Å². The number of amides is 2. The minimum atomic E-state index is -0.519. The Balaban J connectivity index is 1.73. The maximum absolute atomic E-state index is 12.5. The number of anilines is 2. The highest BCUT2D eigenvalue weighted by atomic mass is 16.5. The van der Waals surface area contributed by atoms with Gasteiger partial charge < -0.3 is 20.7 Å². The molecular weight excluding hydrogens is 318 g/mol. The number of benzene rings is 2. The summed E-state index contributed by atoms with van der Waals surface area (Å²) in [6, 6.07) is 14.5. The van der Waals surface area contributed by atoms with Gasteiger partial charge >= 0.3 is 0 Å². The van der Waals surface area contributed by atoms with Crippen LogP contribution in [-0.4, -0.2) is 37.6 Å². The Bertz CT molecular complexity index is 756. The fourth-order valence-corrected chi connectivity index (χ4v) is 2.68. The Kier molecular flexibility index (Phi) is 5.42. The average molecular weight is 339 g/mol. The largest absolute Gasteiger partial charge is 0.366 e. The normalized spacial score (nSPS) is 16.9. The highest BCUT2D eigenvalue weighted by molar-refractivity contribution is 6.07. The average Bonchev–Trinajstić information content (AvgIpc) is 2.65. The van der Waals surface area contributed by atoms with E-state index in [-0.39, 0.29) is 11.8 Å². The van der Waals surface area contributed by atoms with E-state index < -0.39 is 6.10 Å². The molecule has 2 amide bonds. The van der Waals surface area contributed by atoms with E-state index in [4.69, 9.17) is 4.74 Å². The highest BCUT2D eigenvalue weighted by Crippen LogP contribution is 2.21. The van der Waals surface area contributed by atoms with Gasteiger partial charge in [0.15, 0.2) is 0 Å². The summed E-state index contributed by atoms with van der Waals surface area (Å²) in [5.74, 6) is -0.425. The molecule has 0 bridgehead atoms. The zero-order chi connectivity index (χ0) is 17.6. The van der Waals surface area contributed by atoms with Gasteiger partial charge in [-0.15, -0.1) is 0 Å². The number of carbonyl (C=O) groups is 2. The molecule has 6 heteroatoms. The first kappa shape index (κ1) is 17.1. The summed E-state index contributed by atoms with van der Waals surface area (Å²) in [4.78, 5) is 24.8. The van der Waals surface area contributed by atoms with Crippen LogP contribution in [0, 0.1) is 6.92 Å². The standard InChI is InChI=1S/C19H21N3O3/c1-13-15(18(23)21-14-6-3-2-4-7-14)8-5-9-16(13)22-19(24)17-12-20-10-11-25-17/h2-9,17,20H,10-12H2,1H3,(H,21,23)(H,22,24). The first-order chi connectivity index (χ1) is 12.1. The third kappa shape index (κ3) is 4.23. The Hall–Kier alpha value is -2.70. The molecule has 1 atom stereocenters. The monoisotopic (exact) mass is 339 g/mol. The summed E-state index contributed by atoms with van der Waals surface area (Å²) in [5, 5.41) is 8.83. The first-order valence-corrected chi connectivity index (χ1v) is 8.24. The van der Waals surface area contributed by atoms with E-state index in [1.807, 2.05) is 37.3 Å². The van der Waals surface area contributed by atoms with Crippen molar-refractivity contribution in [3.63, 3.8) is 0 Å². The third-order valence-electron chi connectivity index (χ3n) is 4.09. The fourth-order valence-electron chi connectivity index (χ4n) is 2.68. The number of carbonyl (C=O) groups excluding carboxylic acids is 2. The molecule has 1 unspecified atom stereocenters. The first-order valence-electron chi connectivity index (χ1n) is 8.24. The summed E-state index contributed by atoms with van der Waals surface area (Å²) in [5.41, 5.74) is 2.57. The smallest absolute Gasteiger partial charge is 0.256 e. The molecule has 0 radical (unpaired) electrons. The zero-order valence-corrected chi connectivity index (χ0v) is 14.0. The van der Waals surface area contributed by atoms with Crippen LogP contribution in [0.5, 0.6) is 0 Å². The maximum atomic E-state index is 12.5. The Morgan fingerprint density at radius 2 is 1.88 bits per heavy atom. The molecular formula is C19H21N3O3. The van der Waals surface area contributed by atoms with Gasteiger partial charge in [-0.25, -0.2) is 0 Å². The van der Waals surface area contributed by atoms with Crippen molar-refractivity contribution in [1.29, 1.82) is 0 Å². The molecule has 2 aromatic carbocycles. The van der Waals surface area contributed by atoms with Gasteiger partial charge in [0.2, 0.25) is 0 Å². The van der Waals surface area contributed by atoms with Crippen LogP contribution in [0.1, 0.15) is 15.9 Å². The molecule has 6 nitrogen and oxygen atoms in total. The van der Waals surface area contributed by atoms with Gasteiger partial charge in [-0.2, -0.15) is 0 Å². The van der Waals surface area contributed by atoms with Gasteiger partial charge in [-0.05, 0) is 36.8 Å². The van der Waals surface area contributed by atoms with Gasteiger partial charge in [0.05, 0.1) is 6.61 Å². The SMILES string of the molecule is Cc1c(NC(=O)C2CNCCO2)cccc1C(=O)Nc1ccccc1. The molecule has 1 aliphatic rings. The molecule has 0 aromatic heterocycles. The number of rotatable bonds is 4. The topological polar surface area (TPSA) is 79.5 Å². The molecule has 1 fully saturated rings. The molecule has 2 aromatic rings. The van der Waals surface area contributed by atoms with Crippen molar-refractivity contribution in [2.75, 3.05) is 30.3 Å². The molecule has 0 spiro atoms. The molecule has 1 heterocycles. The lowest BCUT2D eigenvalue weighted by Gasteiger charge is -2.23. The minimum Gasteiger partial charge on any atom is -0.366 e. The van der Waals surface area contributed by atoms with Gasteiger partial charge in [0.25, 0.3) is 11.8 Å². The molecule has 0 saturated carbocycles. The molecule has 1 saturated heterocycles. The summed E-state index contributed by atoms with van der Waals surface area (Å²) < 4.78 is 5.45. The third-order valence-corrected chi connectivity index (χ3v) is 4.09. The Morgan fingerprint density at radius 1 is 1.08 bits per heavy atom. The quantitative estimate of drug-likeness (QED) is 0.798. The summed E-state index contributed by atoms with van der Waals surface area (Å²) in [6.45, 7) is 3.56. The van der Waals surface area contributed by atoms with Crippen molar-refractivity contribution in [3.8, 4) is 0 Å². The van der Waals surface area contributed by atoms with E-state index in [0.717, 1.165) is 12.2 Å². The molecule has 25 heavy (non-hydrogen) atoms. The number of ether oxygens (including phenoxy) is 1. The lowest BCUT2D eigenvalue weighted by molar-refractivity contribution is -0.128. The van der Waals surface area contributed by atoms with Crippen LogP contribution in [-0.2, 0) is 9.53 Å². The van der Waals surface area contributed by atoms with Crippen LogP contribution in [0.4, 0.5) is 11.4 Å². The van der Waals surface area contributed by atoms with Crippen LogP contribution < -0.4 is 16.0 Å². The van der Waals surface area contributed by atoms with E-state index in [9.17, 15) is 9.59 Å². The van der Waals surface area contributed by atoms with Gasteiger partial charge in [0.1, 0.15) is 6.10 Å². The molecule has 3 N–H and O–H groups in total. The summed E-state index contributed by atoms with van der Waals surface area (Å²) in [7, 11) is 0. The second-order valence-electron chi connectivity index (χ2n) is 5.85. The van der Waals surface area contributed by atoms with Gasteiger partial charge in [0, 0.05) is 30.0 Å². The molecule has 3 rings (SSSR count). The number of morpholine rings is 1. The van der Waals surface area contributed by atoms with Crippen LogP contribution in [0.3, 0.4) is 0 Å². The van der Waals surface area contributed by atoms with Gasteiger partial charge in [-0.1, -0.05) is 24.3 Å². The van der Waals surface area contributed by atoms with Crippen molar-refractivity contribution in [2.24, 2.45) is 0 Å². The number of hydrogen-bond acceptors (Lipinski definition) is 4. The molecule has 1 aliphatic heterocycles. The van der Waals surface area contributed by atoms with Crippen LogP contribution in [0.15, 0.2) is 48.5 Å². The lowest BCUT2D eigenvalue weighted by atomic mass is 10.1. The predicted molar refractivity (Wildman–Crippen MR) is 96.8 cm³/mol. The zero-order valence-electron chi connectivity index (χ0n) is 14.0.